The summed E-state index contributed by atoms with van der Waals surface area (Å²) in [5.41, 5.74) is 1.21. The molecular formula is C18H19ClN4O3S. The zero-order chi connectivity index (χ0) is 19.0. The van der Waals surface area contributed by atoms with Gasteiger partial charge in [-0.1, -0.05) is 22.9 Å². The Labute approximate surface area is 165 Å². The number of benzene rings is 1. The second-order valence-electron chi connectivity index (χ2n) is 6.38. The predicted molar refractivity (Wildman–Crippen MR) is 105 cm³/mol. The molecule has 142 valence electrons. The number of fused-ring (bicyclic) bond motifs is 1. The number of rotatable bonds is 5. The average Bonchev–Trinajstić information content (AvgIpc) is 3.37. The van der Waals surface area contributed by atoms with E-state index in [1.54, 1.807) is 28.9 Å². The van der Waals surface area contributed by atoms with Crippen molar-refractivity contribution >= 4 is 44.2 Å². The van der Waals surface area contributed by atoms with Crippen LogP contribution in [0.4, 0.5) is 5.13 Å². The van der Waals surface area contributed by atoms with Crippen LogP contribution in [0.3, 0.4) is 0 Å². The molecule has 0 bridgehead atoms. The van der Waals surface area contributed by atoms with Crippen LogP contribution in [0.1, 0.15) is 23.2 Å². The van der Waals surface area contributed by atoms with Gasteiger partial charge < -0.3 is 9.47 Å². The Morgan fingerprint density at radius 2 is 2.37 bits per heavy atom. The largest absolute Gasteiger partial charge is 0.479 e. The van der Waals surface area contributed by atoms with E-state index < -0.39 is 0 Å². The fourth-order valence-corrected chi connectivity index (χ4v) is 4.40. The SMILES string of the molecule is COc1nn(C)cc1C(=O)N(CC1CCCO1)c1nc2ccc(Cl)cc2s1. The highest BCUT2D eigenvalue weighted by atomic mass is 35.5. The third-order valence-electron chi connectivity index (χ3n) is 4.44. The van der Waals surface area contributed by atoms with Gasteiger partial charge >= 0.3 is 0 Å². The van der Waals surface area contributed by atoms with Gasteiger partial charge in [0.1, 0.15) is 5.56 Å². The van der Waals surface area contributed by atoms with Gasteiger partial charge in [0, 0.05) is 24.9 Å². The molecule has 1 atom stereocenters. The monoisotopic (exact) mass is 406 g/mol. The molecule has 1 fully saturated rings. The number of amides is 1. The van der Waals surface area contributed by atoms with Crippen LogP contribution in [0.5, 0.6) is 5.88 Å². The van der Waals surface area contributed by atoms with Crippen LogP contribution in [0, 0.1) is 0 Å². The molecule has 0 spiro atoms. The summed E-state index contributed by atoms with van der Waals surface area (Å²) in [6.07, 6.45) is 3.57. The van der Waals surface area contributed by atoms with Gasteiger partial charge in [0.2, 0.25) is 5.88 Å². The molecule has 1 aromatic carbocycles. The molecule has 1 unspecified atom stereocenters. The summed E-state index contributed by atoms with van der Waals surface area (Å²) in [5, 5.41) is 5.45. The van der Waals surface area contributed by atoms with E-state index in [4.69, 9.17) is 21.1 Å². The lowest BCUT2D eigenvalue weighted by atomic mass is 10.2. The molecule has 4 rings (SSSR count). The van der Waals surface area contributed by atoms with Gasteiger partial charge in [0.25, 0.3) is 5.91 Å². The predicted octanol–water partition coefficient (Wildman–Crippen LogP) is 3.52. The topological polar surface area (TPSA) is 69.5 Å². The Morgan fingerprint density at radius 1 is 1.52 bits per heavy atom. The molecule has 1 aliphatic rings. The summed E-state index contributed by atoms with van der Waals surface area (Å²) >= 11 is 7.53. The second kappa shape index (κ2) is 7.46. The van der Waals surface area contributed by atoms with Gasteiger partial charge in [-0.15, -0.1) is 5.10 Å². The van der Waals surface area contributed by atoms with Crippen molar-refractivity contribution in [3.63, 3.8) is 0 Å². The normalized spacial score (nSPS) is 16.8. The molecule has 7 nitrogen and oxygen atoms in total. The summed E-state index contributed by atoms with van der Waals surface area (Å²) in [7, 11) is 3.26. The van der Waals surface area contributed by atoms with Crippen molar-refractivity contribution in [1.29, 1.82) is 0 Å². The maximum Gasteiger partial charge on any atom is 0.267 e. The van der Waals surface area contributed by atoms with Crippen molar-refractivity contribution in [3.8, 4) is 5.88 Å². The Bertz CT molecular complexity index is 980. The summed E-state index contributed by atoms with van der Waals surface area (Å²) in [6, 6.07) is 5.51. The van der Waals surface area contributed by atoms with Crippen molar-refractivity contribution in [1.82, 2.24) is 14.8 Å². The molecule has 1 amide bonds. The van der Waals surface area contributed by atoms with Crippen molar-refractivity contribution in [2.45, 2.75) is 18.9 Å². The molecule has 9 heteroatoms. The van der Waals surface area contributed by atoms with Crippen LogP contribution in [-0.4, -0.2) is 47.0 Å². The number of carbonyl (C=O) groups is 1. The summed E-state index contributed by atoms with van der Waals surface area (Å²) in [5.74, 6) is 0.0876. The van der Waals surface area contributed by atoms with E-state index in [-0.39, 0.29) is 12.0 Å². The van der Waals surface area contributed by atoms with Gasteiger partial charge in [-0.05, 0) is 31.0 Å². The number of carbonyl (C=O) groups excluding carboxylic acids is 1. The molecule has 0 aliphatic carbocycles. The number of anilines is 1. The number of aryl methyl sites for hydroxylation is 1. The van der Waals surface area contributed by atoms with Crippen molar-refractivity contribution in [2.24, 2.45) is 7.05 Å². The summed E-state index contributed by atoms with van der Waals surface area (Å²) in [4.78, 5) is 19.7. The fraction of sp³-hybridized carbons (Fsp3) is 0.389. The minimum absolute atomic E-state index is 0.00721. The van der Waals surface area contributed by atoms with E-state index >= 15 is 0 Å². The number of hydrogen-bond acceptors (Lipinski definition) is 6. The summed E-state index contributed by atoms with van der Waals surface area (Å²) in [6.45, 7) is 1.16. The zero-order valence-corrected chi connectivity index (χ0v) is 16.6. The third-order valence-corrected chi connectivity index (χ3v) is 5.72. The molecular weight excluding hydrogens is 388 g/mol. The third kappa shape index (κ3) is 3.65. The number of halogens is 1. The summed E-state index contributed by atoms with van der Waals surface area (Å²) < 4.78 is 13.5. The van der Waals surface area contributed by atoms with Crippen LogP contribution in [0.15, 0.2) is 24.4 Å². The van der Waals surface area contributed by atoms with E-state index in [0.717, 1.165) is 29.7 Å². The Kier molecular flexibility index (Phi) is 5.03. The van der Waals surface area contributed by atoms with Gasteiger partial charge in [0.05, 0.1) is 30.0 Å². The molecule has 3 aromatic rings. The van der Waals surface area contributed by atoms with E-state index in [0.29, 0.717) is 28.1 Å². The maximum absolute atomic E-state index is 13.3. The molecule has 2 aromatic heterocycles. The van der Waals surface area contributed by atoms with Crippen LogP contribution in [-0.2, 0) is 11.8 Å². The van der Waals surface area contributed by atoms with Crippen LogP contribution in [0.2, 0.25) is 5.02 Å². The Hall–Kier alpha value is -2.16. The van der Waals surface area contributed by atoms with Gasteiger partial charge in [-0.2, -0.15) is 0 Å². The van der Waals surface area contributed by atoms with Crippen molar-refractivity contribution in [2.75, 3.05) is 25.2 Å². The second-order valence-corrected chi connectivity index (χ2v) is 7.83. The molecule has 3 heterocycles. The number of thiazole rings is 1. The molecule has 1 aliphatic heterocycles. The first-order valence-electron chi connectivity index (χ1n) is 8.62. The lowest BCUT2D eigenvalue weighted by Gasteiger charge is -2.22. The van der Waals surface area contributed by atoms with Crippen molar-refractivity contribution in [3.05, 3.63) is 35.0 Å². The molecule has 0 N–H and O–H groups in total. The molecule has 27 heavy (non-hydrogen) atoms. The van der Waals surface area contributed by atoms with Crippen molar-refractivity contribution < 1.29 is 14.3 Å². The Balaban J connectivity index is 1.73. The average molecular weight is 407 g/mol. The maximum atomic E-state index is 13.3. The first-order valence-corrected chi connectivity index (χ1v) is 9.82. The minimum Gasteiger partial charge on any atom is -0.479 e. The van der Waals surface area contributed by atoms with E-state index in [1.807, 2.05) is 12.1 Å². The number of aromatic nitrogens is 3. The van der Waals surface area contributed by atoms with E-state index in [2.05, 4.69) is 10.1 Å². The first-order chi connectivity index (χ1) is 13.0. The first kappa shape index (κ1) is 18.2. The molecule has 1 saturated heterocycles. The fourth-order valence-electron chi connectivity index (χ4n) is 3.15. The molecule has 0 saturated carbocycles. The highest BCUT2D eigenvalue weighted by Gasteiger charge is 2.30. The lowest BCUT2D eigenvalue weighted by molar-refractivity contribution is 0.0915. The quantitative estimate of drug-likeness (QED) is 0.648. The van der Waals surface area contributed by atoms with Crippen LogP contribution in [0.25, 0.3) is 10.2 Å². The Morgan fingerprint density at radius 3 is 3.11 bits per heavy atom. The van der Waals surface area contributed by atoms with Crippen LogP contribution < -0.4 is 9.64 Å². The standard InChI is InChI=1S/C18H19ClN4O3S/c1-22-10-13(16(21-22)25-2)17(24)23(9-12-4-3-7-26-12)18-20-14-6-5-11(19)8-15(14)27-18/h5-6,8,10,12H,3-4,7,9H2,1-2H3. The van der Waals surface area contributed by atoms with Gasteiger partial charge in [-0.25, -0.2) is 4.98 Å². The number of ether oxygens (including phenoxy) is 2. The van der Waals surface area contributed by atoms with E-state index in [1.165, 1.54) is 18.4 Å². The lowest BCUT2D eigenvalue weighted by Crippen LogP contribution is -2.37. The molecule has 0 radical (unpaired) electrons. The van der Waals surface area contributed by atoms with E-state index in [9.17, 15) is 4.79 Å². The minimum atomic E-state index is -0.208. The van der Waals surface area contributed by atoms with Gasteiger partial charge in [-0.3, -0.25) is 14.4 Å². The smallest absolute Gasteiger partial charge is 0.267 e. The number of nitrogens with zero attached hydrogens (tertiary/aromatic N) is 4. The number of methoxy groups -OCH3 is 1. The highest BCUT2D eigenvalue weighted by Crippen LogP contribution is 2.33. The highest BCUT2D eigenvalue weighted by molar-refractivity contribution is 7.22. The van der Waals surface area contributed by atoms with Crippen LogP contribution >= 0.6 is 22.9 Å². The number of hydrogen-bond donors (Lipinski definition) is 0. The zero-order valence-electron chi connectivity index (χ0n) is 15.0. The van der Waals surface area contributed by atoms with Gasteiger partial charge in [0.15, 0.2) is 5.13 Å².